The molecular formula is C14H22N4. The van der Waals surface area contributed by atoms with Crippen molar-refractivity contribution in [1.82, 2.24) is 10.2 Å². The van der Waals surface area contributed by atoms with E-state index in [4.69, 9.17) is 0 Å². The quantitative estimate of drug-likeness (QED) is 0.838. The highest BCUT2D eigenvalue weighted by molar-refractivity contribution is 5.56. The summed E-state index contributed by atoms with van der Waals surface area (Å²) in [5.41, 5.74) is 2.63. The second kappa shape index (κ2) is 6.95. The molecule has 4 heteroatoms. The number of nitriles is 1. The lowest BCUT2D eigenvalue weighted by atomic mass is 10.0. The van der Waals surface area contributed by atoms with Crippen LogP contribution in [-0.2, 0) is 12.8 Å². The third-order valence-corrected chi connectivity index (χ3v) is 3.28. The molecule has 0 aliphatic rings. The zero-order chi connectivity index (χ0) is 13.5. The zero-order valence-corrected chi connectivity index (χ0v) is 11.7. The molecule has 1 heterocycles. The van der Waals surface area contributed by atoms with Crippen LogP contribution in [0.3, 0.4) is 0 Å². The summed E-state index contributed by atoms with van der Waals surface area (Å²) in [6.07, 6.45) is 3.66. The summed E-state index contributed by atoms with van der Waals surface area (Å²) in [6.45, 7) is 8.35. The van der Waals surface area contributed by atoms with Crippen LogP contribution in [-0.4, -0.2) is 16.2 Å². The molecular weight excluding hydrogens is 224 g/mol. The van der Waals surface area contributed by atoms with Gasteiger partial charge in [0, 0.05) is 6.04 Å². The second-order valence-corrected chi connectivity index (χ2v) is 4.33. The predicted molar refractivity (Wildman–Crippen MR) is 73.5 cm³/mol. The first kappa shape index (κ1) is 14.4. The smallest absolute Gasteiger partial charge is 0.167 e. The molecule has 0 bridgehead atoms. The molecule has 1 aromatic heterocycles. The summed E-state index contributed by atoms with van der Waals surface area (Å²) in [5, 5.41) is 21.1. The molecule has 0 atom stereocenters. The van der Waals surface area contributed by atoms with Crippen molar-refractivity contribution < 1.29 is 0 Å². The van der Waals surface area contributed by atoms with Crippen LogP contribution < -0.4 is 5.32 Å². The van der Waals surface area contributed by atoms with E-state index >= 15 is 0 Å². The van der Waals surface area contributed by atoms with E-state index in [1.165, 1.54) is 0 Å². The van der Waals surface area contributed by atoms with E-state index in [1.807, 2.05) is 6.92 Å². The van der Waals surface area contributed by atoms with E-state index in [0.717, 1.165) is 36.9 Å². The maximum atomic E-state index is 9.35. The minimum atomic E-state index is 0.351. The fourth-order valence-electron chi connectivity index (χ4n) is 2.08. The molecule has 0 saturated heterocycles. The molecule has 0 saturated carbocycles. The van der Waals surface area contributed by atoms with E-state index in [1.54, 1.807) is 0 Å². The van der Waals surface area contributed by atoms with Crippen LogP contribution in [0.2, 0.25) is 0 Å². The Morgan fingerprint density at radius 3 is 2.22 bits per heavy atom. The number of hydrogen-bond acceptors (Lipinski definition) is 4. The highest BCUT2D eigenvalue weighted by Crippen LogP contribution is 2.21. The number of aryl methyl sites for hydroxylation is 1. The molecule has 0 amide bonds. The standard InChI is InChI=1S/C14H22N4/c1-5-10(6-2)16-14-12(9-15)11(7-3)13(8-4)17-18-14/h10H,5-8H2,1-4H3,(H,16,18). The van der Waals surface area contributed by atoms with Crippen molar-refractivity contribution in [3.63, 3.8) is 0 Å². The topological polar surface area (TPSA) is 61.6 Å². The molecule has 0 aromatic carbocycles. The van der Waals surface area contributed by atoms with Crippen molar-refractivity contribution in [2.45, 2.75) is 59.4 Å². The van der Waals surface area contributed by atoms with Crippen molar-refractivity contribution in [1.29, 1.82) is 5.26 Å². The summed E-state index contributed by atoms with van der Waals surface area (Å²) in [6, 6.07) is 2.63. The Kier molecular flexibility index (Phi) is 5.57. The average Bonchev–Trinajstić information content (AvgIpc) is 2.43. The van der Waals surface area contributed by atoms with Crippen LogP contribution in [0, 0.1) is 11.3 Å². The largest absolute Gasteiger partial charge is 0.365 e. The molecule has 1 N–H and O–H groups in total. The monoisotopic (exact) mass is 246 g/mol. The average molecular weight is 246 g/mol. The first-order valence-electron chi connectivity index (χ1n) is 6.76. The molecule has 18 heavy (non-hydrogen) atoms. The van der Waals surface area contributed by atoms with Crippen molar-refractivity contribution >= 4 is 5.82 Å². The Morgan fingerprint density at radius 2 is 1.78 bits per heavy atom. The van der Waals surface area contributed by atoms with Gasteiger partial charge in [0.05, 0.1) is 5.69 Å². The van der Waals surface area contributed by atoms with Crippen LogP contribution >= 0.6 is 0 Å². The number of nitrogens with zero attached hydrogens (tertiary/aromatic N) is 3. The predicted octanol–water partition coefficient (Wildman–Crippen LogP) is 3.07. The van der Waals surface area contributed by atoms with Gasteiger partial charge in [0.2, 0.25) is 0 Å². The highest BCUT2D eigenvalue weighted by atomic mass is 15.2. The van der Waals surface area contributed by atoms with Crippen LogP contribution in [0.15, 0.2) is 0 Å². The van der Waals surface area contributed by atoms with E-state index in [0.29, 0.717) is 17.4 Å². The van der Waals surface area contributed by atoms with Gasteiger partial charge in [-0.3, -0.25) is 0 Å². The van der Waals surface area contributed by atoms with E-state index in [9.17, 15) is 5.26 Å². The van der Waals surface area contributed by atoms with Gasteiger partial charge in [0.15, 0.2) is 5.82 Å². The van der Waals surface area contributed by atoms with E-state index < -0.39 is 0 Å². The van der Waals surface area contributed by atoms with Crippen molar-refractivity contribution in [3.8, 4) is 6.07 Å². The van der Waals surface area contributed by atoms with Crippen LogP contribution in [0.25, 0.3) is 0 Å². The molecule has 0 fully saturated rings. The molecule has 1 rings (SSSR count). The van der Waals surface area contributed by atoms with Gasteiger partial charge in [-0.05, 0) is 31.2 Å². The molecule has 98 valence electrons. The SMILES string of the molecule is CCc1nnc(NC(CC)CC)c(C#N)c1CC. The highest BCUT2D eigenvalue weighted by Gasteiger charge is 2.15. The maximum absolute atomic E-state index is 9.35. The summed E-state index contributed by atoms with van der Waals surface area (Å²) < 4.78 is 0. The summed E-state index contributed by atoms with van der Waals surface area (Å²) in [7, 11) is 0. The minimum Gasteiger partial charge on any atom is -0.365 e. The molecule has 4 nitrogen and oxygen atoms in total. The van der Waals surface area contributed by atoms with Crippen LogP contribution in [0.1, 0.15) is 57.4 Å². The molecule has 0 aliphatic heterocycles. The van der Waals surface area contributed by atoms with E-state index in [-0.39, 0.29) is 0 Å². The third kappa shape index (κ3) is 2.98. The number of aromatic nitrogens is 2. The van der Waals surface area contributed by atoms with Gasteiger partial charge in [-0.25, -0.2) is 0 Å². The molecule has 0 radical (unpaired) electrons. The first-order chi connectivity index (χ1) is 8.71. The van der Waals surface area contributed by atoms with Gasteiger partial charge < -0.3 is 5.32 Å². The Labute approximate surface area is 109 Å². The fraction of sp³-hybridized carbons (Fsp3) is 0.643. The van der Waals surface area contributed by atoms with Gasteiger partial charge in [0.25, 0.3) is 0 Å². The van der Waals surface area contributed by atoms with Crippen molar-refractivity contribution in [3.05, 3.63) is 16.8 Å². The van der Waals surface area contributed by atoms with Crippen LogP contribution in [0.4, 0.5) is 5.82 Å². The van der Waals surface area contributed by atoms with Gasteiger partial charge in [0.1, 0.15) is 11.6 Å². The van der Waals surface area contributed by atoms with Crippen molar-refractivity contribution in [2.24, 2.45) is 0 Å². The lowest BCUT2D eigenvalue weighted by Gasteiger charge is -2.17. The number of nitrogens with one attached hydrogen (secondary N) is 1. The van der Waals surface area contributed by atoms with Crippen molar-refractivity contribution in [2.75, 3.05) is 5.32 Å². The normalized spacial score (nSPS) is 10.4. The lowest BCUT2D eigenvalue weighted by Crippen LogP contribution is -2.20. The Balaban J connectivity index is 3.17. The molecule has 0 unspecified atom stereocenters. The van der Waals surface area contributed by atoms with E-state index in [2.05, 4.69) is 42.4 Å². The number of anilines is 1. The minimum absolute atomic E-state index is 0.351. The number of hydrogen-bond donors (Lipinski definition) is 1. The Bertz CT molecular complexity index is 430. The van der Waals surface area contributed by atoms with Gasteiger partial charge in [-0.15, -0.1) is 5.10 Å². The maximum Gasteiger partial charge on any atom is 0.167 e. The summed E-state index contributed by atoms with van der Waals surface area (Å²) in [5.74, 6) is 0.639. The summed E-state index contributed by atoms with van der Waals surface area (Å²) in [4.78, 5) is 0. The molecule has 0 aliphatic carbocycles. The first-order valence-corrected chi connectivity index (χ1v) is 6.76. The zero-order valence-electron chi connectivity index (χ0n) is 11.7. The van der Waals surface area contributed by atoms with Gasteiger partial charge in [-0.1, -0.05) is 27.7 Å². The molecule has 0 spiro atoms. The Hall–Kier alpha value is -1.63. The van der Waals surface area contributed by atoms with Gasteiger partial charge >= 0.3 is 0 Å². The third-order valence-electron chi connectivity index (χ3n) is 3.28. The fourth-order valence-corrected chi connectivity index (χ4v) is 2.08. The lowest BCUT2D eigenvalue weighted by molar-refractivity contribution is 0.664. The summed E-state index contributed by atoms with van der Waals surface area (Å²) >= 11 is 0. The second-order valence-electron chi connectivity index (χ2n) is 4.33. The van der Waals surface area contributed by atoms with Crippen LogP contribution in [0.5, 0.6) is 0 Å². The van der Waals surface area contributed by atoms with Gasteiger partial charge in [-0.2, -0.15) is 10.4 Å². The number of rotatable bonds is 6. The molecule has 1 aromatic rings. The Morgan fingerprint density at radius 1 is 1.11 bits per heavy atom.